The van der Waals surface area contributed by atoms with Gasteiger partial charge in [0.05, 0.1) is 16.9 Å². The second-order valence-electron chi connectivity index (χ2n) is 4.53. The van der Waals surface area contributed by atoms with Gasteiger partial charge in [0, 0.05) is 17.2 Å². The van der Waals surface area contributed by atoms with Gasteiger partial charge in [0.15, 0.2) is 5.58 Å². The van der Waals surface area contributed by atoms with Gasteiger partial charge in [-0.1, -0.05) is 15.9 Å². The molecule has 0 spiro atoms. The molecule has 5 nitrogen and oxygen atoms in total. The van der Waals surface area contributed by atoms with Gasteiger partial charge in [0.1, 0.15) is 5.52 Å². The highest BCUT2D eigenvalue weighted by Crippen LogP contribution is 2.33. The summed E-state index contributed by atoms with van der Waals surface area (Å²) in [4.78, 5) is 4.51. The summed E-state index contributed by atoms with van der Waals surface area (Å²) in [6.45, 7) is 3.93. The van der Waals surface area contributed by atoms with Gasteiger partial charge in [-0.15, -0.1) is 0 Å². The van der Waals surface area contributed by atoms with Crippen LogP contribution in [-0.4, -0.2) is 14.8 Å². The Kier molecular flexibility index (Phi) is 2.63. The minimum atomic E-state index is 0.558. The lowest BCUT2D eigenvalue weighted by atomic mass is 10.2. The molecule has 0 atom stereocenters. The average molecular weight is 321 g/mol. The van der Waals surface area contributed by atoms with Crippen molar-refractivity contribution in [2.24, 2.45) is 7.05 Å². The fraction of sp³-hybridized carbons (Fsp3) is 0.231. The molecule has 0 bridgehead atoms. The fourth-order valence-electron chi connectivity index (χ4n) is 2.21. The first-order chi connectivity index (χ1) is 8.97. The van der Waals surface area contributed by atoms with E-state index in [0.717, 1.165) is 26.9 Å². The highest BCUT2D eigenvalue weighted by Gasteiger charge is 2.18. The van der Waals surface area contributed by atoms with E-state index in [1.807, 2.05) is 31.6 Å². The molecule has 0 saturated carbocycles. The summed E-state index contributed by atoms with van der Waals surface area (Å²) >= 11 is 3.40. The Hall–Kier alpha value is -1.82. The van der Waals surface area contributed by atoms with E-state index in [9.17, 15) is 0 Å². The molecule has 2 N–H and O–H groups in total. The number of benzene rings is 1. The molecular formula is C13H13BrN4O. The molecule has 0 fully saturated rings. The molecule has 1 aromatic carbocycles. The predicted molar refractivity (Wildman–Crippen MR) is 77.8 cm³/mol. The minimum Gasteiger partial charge on any atom is -0.434 e. The van der Waals surface area contributed by atoms with Crippen LogP contribution in [0.3, 0.4) is 0 Å². The van der Waals surface area contributed by atoms with Gasteiger partial charge in [-0.2, -0.15) is 5.10 Å². The first kappa shape index (κ1) is 12.2. The zero-order chi connectivity index (χ0) is 13.7. The zero-order valence-electron chi connectivity index (χ0n) is 10.9. The number of oxazole rings is 1. The van der Waals surface area contributed by atoms with E-state index in [1.54, 1.807) is 6.07 Å². The summed E-state index contributed by atoms with van der Waals surface area (Å²) in [7, 11) is 1.90. The fourth-order valence-corrected chi connectivity index (χ4v) is 2.68. The topological polar surface area (TPSA) is 69.9 Å². The van der Waals surface area contributed by atoms with Crippen LogP contribution in [-0.2, 0) is 7.05 Å². The molecule has 0 unspecified atom stereocenters. The lowest BCUT2D eigenvalue weighted by molar-refractivity contribution is 0.619. The molecular weight excluding hydrogens is 308 g/mol. The minimum absolute atomic E-state index is 0.558. The van der Waals surface area contributed by atoms with E-state index >= 15 is 0 Å². The van der Waals surface area contributed by atoms with Crippen LogP contribution in [0.15, 0.2) is 21.0 Å². The first-order valence-electron chi connectivity index (χ1n) is 5.83. The molecule has 0 aliphatic heterocycles. The number of fused-ring (bicyclic) bond motifs is 1. The van der Waals surface area contributed by atoms with Crippen LogP contribution in [0.1, 0.15) is 11.4 Å². The van der Waals surface area contributed by atoms with Gasteiger partial charge in [-0.05, 0) is 26.0 Å². The number of nitrogens with two attached hydrogens (primary N) is 1. The van der Waals surface area contributed by atoms with E-state index < -0.39 is 0 Å². The number of nitrogen functional groups attached to an aromatic ring is 1. The Morgan fingerprint density at radius 3 is 2.68 bits per heavy atom. The second kappa shape index (κ2) is 4.09. The number of hydrogen-bond donors (Lipinski definition) is 1. The van der Waals surface area contributed by atoms with Crippen molar-refractivity contribution >= 4 is 32.7 Å². The van der Waals surface area contributed by atoms with Crippen LogP contribution < -0.4 is 5.73 Å². The summed E-state index contributed by atoms with van der Waals surface area (Å²) < 4.78 is 8.51. The molecule has 2 aromatic heterocycles. The maximum Gasteiger partial charge on any atom is 0.231 e. The van der Waals surface area contributed by atoms with Crippen molar-refractivity contribution in [1.29, 1.82) is 0 Å². The van der Waals surface area contributed by atoms with Crippen LogP contribution in [0, 0.1) is 13.8 Å². The Balaban J connectivity index is 2.29. The second-order valence-corrected chi connectivity index (χ2v) is 5.45. The monoisotopic (exact) mass is 320 g/mol. The molecule has 3 rings (SSSR count). The number of anilines is 1. The van der Waals surface area contributed by atoms with Crippen molar-refractivity contribution in [3.05, 3.63) is 28.0 Å². The van der Waals surface area contributed by atoms with Gasteiger partial charge in [0.25, 0.3) is 0 Å². The SMILES string of the molecule is Cc1nn(C)c(C)c1-c1nc2cc(Br)cc(N)c2o1. The van der Waals surface area contributed by atoms with Gasteiger partial charge in [-0.25, -0.2) is 4.98 Å². The Morgan fingerprint density at radius 2 is 2.05 bits per heavy atom. The molecule has 3 aromatic rings. The van der Waals surface area contributed by atoms with E-state index in [-0.39, 0.29) is 0 Å². The molecule has 0 aliphatic carbocycles. The van der Waals surface area contributed by atoms with Crippen molar-refractivity contribution in [2.75, 3.05) is 5.73 Å². The van der Waals surface area contributed by atoms with Crippen LogP contribution in [0.2, 0.25) is 0 Å². The standard InChI is InChI=1S/C13H13BrN4O/c1-6-11(7(2)18(3)17-6)13-16-10-5-8(14)4-9(15)12(10)19-13/h4-5H,15H2,1-3H3. The largest absolute Gasteiger partial charge is 0.434 e. The molecule has 0 aliphatic rings. The number of hydrogen-bond acceptors (Lipinski definition) is 4. The van der Waals surface area contributed by atoms with Crippen molar-refractivity contribution < 1.29 is 4.42 Å². The average Bonchev–Trinajstić information content (AvgIpc) is 2.81. The van der Waals surface area contributed by atoms with Crippen molar-refractivity contribution in [3.63, 3.8) is 0 Å². The van der Waals surface area contributed by atoms with Crippen LogP contribution in [0.25, 0.3) is 22.6 Å². The van der Waals surface area contributed by atoms with E-state index in [2.05, 4.69) is 26.0 Å². The third kappa shape index (κ3) is 1.83. The van der Waals surface area contributed by atoms with Gasteiger partial charge in [0.2, 0.25) is 5.89 Å². The maximum absolute atomic E-state index is 5.95. The predicted octanol–water partition coefficient (Wildman–Crippen LogP) is 3.19. The normalized spacial score (nSPS) is 11.4. The van der Waals surface area contributed by atoms with Crippen molar-refractivity contribution in [2.45, 2.75) is 13.8 Å². The molecule has 19 heavy (non-hydrogen) atoms. The Morgan fingerprint density at radius 1 is 1.32 bits per heavy atom. The van der Waals surface area contributed by atoms with Gasteiger partial charge in [-0.3, -0.25) is 4.68 Å². The van der Waals surface area contributed by atoms with Crippen molar-refractivity contribution in [3.8, 4) is 11.5 Å². The maximum atomic E-state index is 5.95. The van der Waals surface area contributed by atoms with E-state index in [4.69, 9.17) is 10.2 Å². The highest BCUT2D eigenvalue weighted by atomic mass is 79.9. The van der Waals surface area contributed by atoms with Gasteiger partial charge >= 0.3 is 0 Å². The third-order valence-corrected chi connectivity index (χ3v) is 3.66. The summed E-state index contributed by atoms with van der Waals surface area (Å²) in [5, 5.41) is 4.37. The summed E-state index contributed by atoms with van der Waals surface area (Å²) in [6, 6.07) is 3.69. The van der Waals surface area contributed by atoms with E-state index in [1.165, 1.54) is 0 Å². The number of aromatic nitrogens is 3. The summed E-state index contributed by atoms with van der Waals surface area (Å²) in [5.41, 5.74) is 10.7. The number of aryl methyl sites for hydroxylation is 2. The Labute approximate surface area is 118 Å². The molecule has 0 saturated heterocycles. The smallest absolute Gasteiger partial charge is 0.231 e. The number of nitrogens with zero attached hydrogens (tertiary/aromatic N) is 3. The van der Waals surface area contributed by atoms with Crippen LogP contribution >= 0.6 is 15.9 Å². The molecule has 2 heterocycles. The quantitative estimate of drug-likeness (QED) is 0.699. The lowest BCUT2D eigenvalue weighted by Crippen LogP contribution is -1.92. The summed E-state index contributed by atoms with van der Waals surface area (Å²) in [6.07, 6.45) is 0. The molecule has 6 heteroatoms. The van der Waals surface area contributed by atoms with Crippen LogP contribution in [0.4, 0.5) is 5.69 Å². The summed E-state index contributed by atoms with van der Waals surface area (Å²) in [5.74, 6) is 0.558. The first-order valence-corrected chi connectivity index (χ1v) is 6.63. The third-order valence-electron chi connectivity index (χ3n) is 3.21. The molecule has 98 valence electrons. The zero-order valence-corrected chi connectivity index (χ0v) is 12.4. The van der Waals surface area contributed by atoms with E-state index in [0.29, 0.717) is 17.2 Å². The molecule has 0 radical (unpaired) electrons. The van der Waals surface area contributed by atoms with Gasteiger partial charge < -0.3 is 10.2 Å². The molecule has 0 amide bonds. The lowest BCUT2D eigenvalue weighted by Gasteiger charge is -1.96. The number of halogens is 1. The highest BCUT2D eigenvalue weighted by molar-refractivity contribution is 9.10. The van der Waals surface area contributed by atoms with Crippen LogP contribution in [0.5, 0.6) is 0 Å². The number of rotatable bonds is 1. The Bertz CT molecular complexity index is 788. The van der Waals surface area contributed by atoms with Crippen molar-refractivity contribution in [1.82, 2.24) is 14.8 Å².